The number of aryl methyl sites for hydroxylation is 1. The molecule has 0 spiro atoms. The molecule has 4 heteroatoms. The van der Waals surface area contributed by atoms with E-state index in [2.05, 4.69) is 36.7 Å². The monoisotopic (exact) mass is 358 g/mol. The topological polar surface area (TPSA) is 0 Å². The Morgan fingerprint density at radius 3 is 2.30 bits per heavy atom. The summed E-state index contributed by atoms with van der Waals surface area (Å²) in [5.74, 6) is -0.988. The van der Waals surface area contributed by atoms with E-state index in [1.165, 1.54) is 17.0 Å². The molecule has 1 aromatic heterocycles. The fourth-order valence-electron chi connectivity index (χ4n) is 1.95. The zero-order valence-electron chi connectivity index (χ0n) is 11.9. The molecule has 1 atom stereocenters. The van der Waals surface area contributed by atoms with Gasteiger partial charge in [0, 0.05) is 15.3 Å². The van der Waals surface area contributed by atoms with Crippen molar-refractivity contribution in [1.29, 1.82) is 0 Å². The fraction of sp³-hybridized carbons (Fsp3) is 0.375. The van der Waals surface area contributed by atoms with Gasteiger partial charge in [-0.3, -0.25) is 0 Å². The van der Waals surface area contributed by atoms with Crippen molar-refractivity contribution < 1.29 is 8.78 Å². The van der Waals surface area contributed by atoms with E-state index in [1.54, 1.807) is 18.3 Å². The molecule has 20 heavy (non-hydrogen) atoms. The smallest absolute Gasteiger partial charge is 0.133 e. The summed E-state index contributed by atoms with van der Waals surface area (Å²) in [5, 5.41) is 0. The molecule has 2 aromatic rings. The van der Waals surface area contributed by atoms with Gasteiger partial charge in [-0.25, -0.2) is 8.78 Å². The Hall–Kier alpha value is -0.740. The summed E-state index contributed by atoms with van der Waals surface area (Å²) in [6.07, 6.45) is 0. The number of thiophene rings is 1. The molecule has 108 valence electrons. The first-order chi connectivity index (χ1) is 9.21. The quantitative estimate of drug-likeness (QED) is 0.567. The van der Waals surface area contributed by atoms with Crippen LogP contribution in [0.1, 0.15) is 46.5 Å². The van der Waals surface area contributed by atoms with Crippen LogP contribution in [0, 0.1) is 18.6 Å². The molecule has 0 saturated carbocycles. The van der Waals surface area contributed by atoms with Gasteiger partial charge < -0.3 is 0 Å². The second kappa shape index (κ2) is 5.57. The van der Waals surface area contributed by atoms with Gasteiger partial charge >= 0.3 is 0 Å². The van der Waals surface area contributed by atoms with Crippen molar-refractivity contribution in [2.75, 3.05) is 0 Å². The van der Waals surface area contributed by atoms with Crippen molar-refractivity contribution in [3.63, 3.8) is 0 Å². The lowest BCUT2D eigenvalue weighted by Gasteiger charge is -2.16. The third kappa shape index (κ3) is 2.96. The Kier molecular flexibility index (Phi) is 4.35. The third-order valence-corrected chi connectivity index (χ3v) is 6.02. The van der Waals surface area contributed by atoms with Gasteiger partial charge in [0.05, 0.1) is 4.83 Å². The standard InChI is InChI=1S/C16H17BrF2S/c1-9-5-6-10(18)13(15(9)19)14(17)11-7-8-12(20-11)16(2,3)4/h5-8,14H,1-4H3. The Morgan fingerprint density at radius 2 is 1.75 bits per heavy atom. The maximum Gasteiger partial charge on any atom is 0.133 e. The van der Waals surface area contributed by atoms with Crippen LogP contribution < -0.4 is 0 Å². The molecule has 1 heterocycles. The number of hydrogen-bond donors (Lipinski definition) is 0. The number of alkyl halides is 1. The highest BCUT2D eigenvalue weighted by molar-refractivity contribution is 9.09. The van der Waals surface area contributed by atoms with Crippen LogP contribution in [0.3, 0.4) is 0 Å². The predicted octanol–water partition coefficient (Wildman–Crippen LogP) is 6.12. The molecule has 0 fully saturated rings. The van der Waals surface area contributed by atoms with Crippen molar-refractivity contribution in [1.82, 2.24) is 0 Å². The van der Waals surface area contributed by atoms with Gasteiger partial charge in [0.15, 0.2) is 0 Å². The van der Waals surface area contributed by atoms with E-state index in [1.807, 2.05) is 12.1 Å². The number of halogens is 3. The van der Waals surface area contributed by atoms with Crippen molar-refractivity contribution >= 4 is 27.3 Å². The van der Waals surface area contributed by atoms with Gasteiger partial charge in [0.2, 0.25) is 0 Å². The van der Waals surface area contributed by atoms with Crippen molar-refractivity contribution in [2.45, 2.75) is 37.9 Å². The van der Waals surface area contributed by atoms with Gasteiger partial charge in [-0.05, 0) is 36.1 Å². The first-order valence-corrected chi connectivity index (χ1v) is 8.14. The highest BCUT2D eigenvalue weighted by Crippen LogP contribution is 2.40. The van der Waals surface area contributed by atoms with Gasteiger partial charge in [-0.2, -0.15) is 0 Å². The molecule has 0 nitrogen and oxygen atoms in total. The van der Waals surface area contributed by atoms with E-state index in [0.29, 0.717) is 5.56 Å². The highest BCUT2D eigenvalue weighted by Gasteiger charge is 2.24. The van der Waals surface area contributed by atoms with Gasteiger partial charge in [0.25, 0.3) is 0 Å². The molecule has 2 rings (SSSR count). The molecular weight excluding hydrogens is 342 g/mol. The Labute approximate surface area is 131 Å². The molecule has 0 N–H and O–H groups in total. The molecule has 1 unspecified atom stereocenters. The van der Waals surface area contributed by atoms with Gasteiger partial charge in [-0.15, -0.1) is 11.3 Å². The minimum Gasteiger partial charge on any atom is -0.207 e. The second-order valence-corrected chi connectivity index (χ2v) is 7.94. The SMILES string of the molecule is Cc1ccc(F)c(C(Br)c2ccc(C(C)(C)C)s2)c1F. The highest BCUT2D eigenvalue weighted by atomic mass is 79.9. The summed E-state index contributed by atoms with van der Waals surface area (Å²) in [6, 6.07) is 6.74. The number of benzene rings is 1. The Balaban J connectivity index is 2.44. The molecule has 0 amide bonds. The molecule has 1 aromatic carbocycles. The summed E-state index contributed by atoms with van der Waals surface area (Å²) in [6.45, 7) is 8.02. The number of hydrogen-bond acceptors (Lipinski definition) is 1. The number of rotatable bonds is 2. The third-order valence-electron chi connectivity index (χ3n) is 3.19. The van der Waals surface area contributed by atoms with E-state index in [-0.39, 0.29) is 11.0 Å². The zero-order chi connectivity index (χ0) is 15.1. The van der Waals surface area contributed by atoms with Crippen LogP contribution in [0.4, 0.5) is 8.78 Å². The van der Waals surface area contributed by atoms with E-state index >= 15 is 0 Å². The summed E-state index contributed by atoms with van der Waals surface area (Å²) in [5.41, 5.74) is 0.588. The van der Waals surface area contributed by atoms with E-state index in [9.17, 15) is 8.78 Å². The minimum atomic E-state index is -0.513. The summed E-state index contributed by atoms with van der Waals surface area (Å²) in [4.78, 5) is 1.66. The van der Waals surface area contributed by atoms with Crippen molar-refractivity contribution in [2.24, 2.45) is 0 Å². The maximum absolute atomic E-state index is 14.2. The summed E-state index contributed by atoms with van der Waals surface area (Å²) in [7, 11) is 0. The van der Waals surface area contributed by atoms with Crippen LogP contribution in [0.5, 0.6) is 0 Å². The lowest BCUT2D eigenvalue weighted by Crippen LogP contribution is -2.07. The van der Waals surface area contributed by atoms with E-state index in [4.69, 9.17) is 0 Å². The Morgan fingerprint density at radius 1 is 1.10 bits per heavy atom. The first kappa shape index (κ1) is 15.6. The molecular formula is C16H17BrF2S. The van der Waals surface area contributed by atoms with Crippen molar-refractivity contribution in [3.8, 4) is 0 Å². The molecule has 0 saturated heterocycles. The minimum absolute atomic E-state index is 0.0410. The summed E-state index contributed by atoms with van der Waals surface area (Å²) < 4.78 is 28.1. The normalized spacial score (nSPS) is 13.6. The van der Waals surface area contributed by atoms with Crippen LogP contribution in [-0.2, 0) is 5.41 Å². The molecule has 0 aliphatic carbocycles. The first-order valence-electron chi connectivity index (χ1n) is 6.40. The zero-order valence-corrected chi connectivity index (χ0v) is 14.3. The fourth-order valence-corrected chi connectivity index (χ4v) is 3.85. The predicted molar refractivity (Wildman–Crippen MR) is 84.9 cm³/mol. The van der Waals surface area contributed by atoms with Crippen molar-refractivity contribution in [3.05, 3.63) is 56.8 Å². The average molecular weight is 359 g/mol. The largest absolute Gasteiger partial charge is 0.207 e. The van der Waals surface area contributed by atoms with Crippen LogP contribution in [-0.4, -0.2) is 0 Å². The van der Waals surface area contributed by atoms with Gasteiger partial charge in [0.1, 0.15) is 11.6 Å². The second-order valence-electron chi connectivity index (χ2n) is 5.91. The molecule has 0 aliphatic heterocycles. The van der Waals surface area contributed by atoms with Crippen LogP contribution in [0.25, 0.3) is 0 Å². The van der Waals surface area contributed by atoms with E-state index < -0.39 is 16.5 Å². The average Bonchev–Trinajstić information content (AvgIpc) is 2.83. The van der Waals surface area contributed by atoms with Crippen LogP contribution in [0.2, 0.25) is 0 Å². The van der Waals surface area contributed by atoms with Gasteiger partial charge in [-0.1, -0.05) is 42.8 Å². The maximum atomic E-state index is 14.2. The molecule has 0 bridgehead atoms. The van der Waals surface area contributed by atoms with Crippen LogP contribution in [0.15, 0.2) is 24.3 Å². The molecule has 0 aliphatic rings. The Bertz CT molecular complexity index is 626. The molecule has 0 radical (unpaired) electrons. The lowest BCUT2D eigenvalue weighted by atomic mass is 9.95. The van der Waals surface area contributed by atoms with E-state index in [0.717, 1.165) is 4.88 Å². The van der Waals surface area contributed by atoms with Crippen LogP contribution >= 0.6 is 27.3 Å². The lowest BCUT2D eigenvalue weighted by molar-refractivity contribution is 0.556. The summed E-state index contributed by atoms with van der Waals surface area (Å²) >= 11 is 5.03.